The molecule has 1 aliphatic carbocycles. The molecule has 98 valence electrons. The molecular formula is C14H26N2O. The maximum atomic E-state index is 12.3. The average Bonchev–Trinajstić information content (AvgIpc) is 2.61. The zero-order chi connectivity index (χ0) is 12.4. The summed E-state index contributed by atoms with van der Waals surface area (Å²) in [5, 5.41) is 6.68. The van der Waals surface area contributed by atoms with E-state index in [1.807, 2.05) is 0 Å². The van der Waals surface area contributed by atoms with E-state index in [4.69, 9.17) is 0 Å². The van der Waals surface area contributed by atoms with Crippen molar-refractivity contribution in [1.82, 2.24) is 10.6 Å². The summed E-state index contributed by atoms with van der Waals surface area (Å²) in [7, 11) is 0. The Bertz CT molecular complexity index is 279. The lowest BCUT2D eigenvalue weighted by atomic mass is 9.90. The second kappa shape index (κ2) is 5.38. The molecule has 3 nitrogen and oxygen atoms in total. The van der Waals surface area contributed by atoms with Gasteiger partial charge in [-0.2, -0.15) is 0 Å². The van der Waals surface area contributed by atoms with Crippen molar-refractivity contribution in [2.75, 3.05) is 6.54 Å². The zero-order valence-corrected chi connectivity index (χ0v) is 11.3. The number of rotatable bonds is 2. The summed E-state index contributed by atoms with van der Waals surface area (Å²) in [6.45, 7) is 7.75. The van der Waals surface area contributed by atoms with E-state index in [-0.39, 0.29) is 11.8 Å². The number of hydrogen-bond acceptors (Lipinski definition) is 2. The van der Waals surface area contributed by atoms with Crippen LogP contribution in [0.2, 0.25) is 0 Å². The molecule has 0 spiro atoms. The predicted molar refractivity (Wildman–Crippen MR) is 69.7 cm³/mol. The first-order valence-corrected chi connectivity index (χ1v) is 7.13. The molecule has 0 aromatic rings. The van der Waals surface area contributed by atoms with Crippen LogP contribution in [0.25, 0.3) is 0 Å². The Kier molecular flexibility index (Phi) is 4.08. The molecule has 1 saturated heterocycles. The van der Waals surface area contributed by atoms with Gasteiger partial charge in [-0.1, -0.05) is 13.8 Å². The summed E-state index contributed by atoms with van der Waals surface area (Å²) in [6, 6.07) is 0.740. The predicted octanol–water partition coefficient (Wildman–Crippen LogP) is 1.93. The molecule has 5 atom stereocenters. The maximum absolute atomic E-state index is 12.3. The first-order valence-electron chi connectivity index (χ1n) is 7.13. The molecule has 2 rings (SSSR count). The number of piperidine rings is 1. The van der Waals surface area contributed by atoms with Crippen LogP contribution in [0.4, 0.5) is 0 Å². The van der Waals surface area contributed by atoms with E-state index in [0.29, 0.717) is 18.0 Å². The first-order chi connectivity index (χ1) is 8.09. The molecule has 1 saturated carbocycles. The highest BCUT2D eigenvalue weighted by atomic mass is 16.2. The van der Waals surface area contributed by atoms with Gasteiger partial charge < -0.3 is 10.6 Å². The van der Waals surface area contributed by atoms with Crippen LogP contribution in [0.3, 0.4) is 0 Å². The van der Waals surface area contributed by atoms with Crippen LogP contribution < -0.4 is 10.6 Å². The fourth-order valence-corrected chi connectivity index (χ4v) is 3.26. The molecular weight excluding hydrogens is 212 g/mol. The second-order valence-corrected chi connectivity index (χ2v) is 6.02. The Morgan fingerprint density at radius 3 is 2.53 bits per heavy atom. The van der Waals surface area contributed by atoms with Crippen molar-refractivity contribution < 1.29 is 4.79 Å². The summed E-state index contributed by atoms with van der Waals surface area (Å²) in [6.07, 6.45) is 4.57. The van der Waals surface area contributed by atoms with Crippen LogP contribution >= 0.6 is 0 Å². The van der Waals surface area contributed by atoms with Crippen molar-refractivity contribution in [1.29, 1.82) is 0 Å². The maximum Gasteiger partial charge on any atom is 0.224 e. The lowest BCUT2D eigenvalue weighted by Crippen LogP contribution is -2.49. The highest BCUT2D eigenvalue weighted by molar-refractivity contribution is 5.79. The Hall–Kier alpha value is -0.570. The van der Waals surface area contributed by atoms with Gasteiger partial charge in [-0.15, -0.1) is 0 Å². The fraction of sp³-hybridized carbons (Fsp3) is 0.929. The Labute approximate surface area is 105 Å². The van der Waals surface area contributed by atoms with Gasteiger partial charge >= 0.3 is 0 Å². The Morgan fingerprint density at radius 1 is 1.18 bits per heavy atom. The van der Waals surface area contributed by atoms with Gasteiger partial charge in [0, 0.05) is 12.1 Å². The minimum absolute atomic E-state index is 0.173. The Morgan fingerprint density at radius 2 is 1.94 bits per heavy atom. The van der Waals surface area contributed by atoms with Crippen molar-refractivity contribution >= 4 is 5.91 Å². The average molecular weight is 238 g/mol. The molecule has 0 radical (unpaired) electrons. The van der Waals surface area contributed by atoms with Crippen LogP contribution in [-0.2, 0) is 4.79 Å². The molecule has 2 fully saturated rings. The molecule has 0 bridgehead atoms. The Balaban J connectivity index is 1.88. The molecule has 0 aromatic carbocycles. The highest BCUT2D eigenvalue weighted by Gasteiger charge is 2.34. The number of amides is 1. The van der Waals surface area contributed by atoms with Gasteiger partial charge in [-0.25, -0.2) is 0 Å². The van der Waals surface area contributed by atoms with E-state index in [1.54, 1.807) is 0 Å². The summed E-state index contributed by atoms with van der Waals surface area (Å²) >= 11 is 0. The van der Waals surface area contributed by atoms with Crippen molar-refractivity contribution in [3.8, 4) is 0 Å². The molecule has 1 amide bonds. The first kappa shape index (κ1) is 12.9. The smallest absolute Gasteiger partial charge is 0.224 e. The van der Waals surface area contributed by atoms with Crippen LogP contribution in [0.1, 0.15) is 46.5 Å². The monoisotopic (exact) mass is 238 g/mol. The second-order valence-electron chi connectivity index (χ2n) is 6.02. The minimum atomic E-state index is 0.173. The van der Waals surface area contributed by atoms with Gasteiger partial charge in [0.15, 0.2) is 0 Å². The van der Waals surface area contributed by atoms with Crippen LogP contribution in [0.5, 0.6) is 0 Å². The largest absolute Gasteiger partial charge is 0.353 e. The number of nitrogens with one attached hydrogen (secondary N) is 2. The van der Waals surface area contributed by atoms with Gasteiger partial charge in [0.25, 0.3) is 0 Å². The van der Waals surface area contributed by atoms with Crippen molar-refractivity contribution in [2.45, 2.75) is 58.5 Å². The van der Waals surface area contributed by atoms with E-state index < -0.39 is 0 Å². The lowest BCUT2D eigenvalue weighted by molar-refractivity contribution is -0.127. The molecule has 1 aliphatic heterocycles. The van der Waals surface area contributed by atoms with E-state index in [2.05, 4.69) is 31.4 Å². The SMILES string of the molecule is CC1CCC(NC(=O)C2CCCNC2C)C1C. The number of carbonyl (C=O) groups is 1. The molecule has 5 unspecified atom stereocenters. The standard InChI is InChI=1S/C14H26N2O/c1-9-6-7-13(10(9)2)16-14(17)12-5-4-8-15-11(12)3/h9-13,15H,4-8H2,1-3H3,(H,16,17). The van der Waals surface area contributed by atoms with E-state index in [1.165, 1.54) is 6.42 Å². The lowest BCUT2D eigenvalue weighted by Gasteiger charge is -2.31. The van der Waals surface area contributed by atoms with E-state index in [9.17, 15) is 4.79 Å². The van der Waals surface area contributed by atoms with Crippen molar-refractivity contribution in [3.05, 3.63) is 0 Å². The van der Waals surface area contributed by atoms with Gasteiger partial charge in [-0.05, 0) is 51.0 Å². The third-order valence-electron chi connectivity index (χ3n) is 4.89. The molecule has 1 heterocycles. The topological polar surface area (TPSA) is 41.1 Å². The number of carbonyl (C=O) groups excluding carboxylic acids is 1. The van der Waals surface area contributed by atoms with Crippen molar-refractivity contribution in [3.63, 3.8) is 0 Å². The van der Waals surface area contributed by atoms with Gasteiger partial charge in [0.2, 0.25) is 5.91 Å². The summed E-state index contributed by atoms with van der Waals surface area (Å²) in [4.78, 5) is 12.3. The molecule has 0 aromatic heterocycles. The number of hydrogen-bond donors (Lipinski definition) is 2. The third kappa shape index (κ3) is 2.82. The summed E-state index contributed by atoms with van der Waals surface area (Å²) in [5.74, 6) is 1.83. The molecule has 2 N–H and O–H groups in total. The zero-order valence-electron chi connectivity index (χ0n) is 11.3. The molecule has 2 aliphatic rings. The quantitative estimate of drug-likeness (QED) is 0.772. The van der Waals surface area contributed by atoms with E-state index in [0.717, 1.165) is 31.7 Å². The third-order valence-corrected chi connectivity index (χ3v) is 4.89. The summed E-state index contributed by atoms with van der Waals surface area (Å²) < 4.78 is 0. The fourth-order valence-electron chi connectivity index (χ4n) is 3.26. The van der Waals surface area contributed by atoms with Crippen molar-refractivity contribution in [2.24, 2.45) is 17.8 Å². The minimum Gasteiger partial charge on any atom is -0.353 e. The van der Waals surface area contributed by atoms with Gasteiger partial charge in [-0.3, -0.25) is 4.79 Å². The van der Waals surface area contributed by atoms with Gasteiger partial charge in [0.05, 0.1) is 5.92 Å². The normalized spacial score (nSPS) is 42.4. The van der Waals surface area contributed by atoms with Gasteiger partial charge in [0.1, 0.15) is 0 Å². The van der Waals surface area contributed by atoms with Crippen LogP contribution in [0.15, 0.2) is 0 Å². The van der Waals surface area contributed by atoms with E-state index >= 15 is 0 Å². The van der Waals surface area contributed by atoms with Crippen LogP contribution in [-0.4, -0.2) is 24.5 Å². The van der Waals surface area contributed by atoms with Crippen LogP contribution in [0, 0.1) is 17.8 Å². The highest BCUT2D eigenvalue weighted by Crippen LogP contribution is 2.31. The molecule has 17 heavy (non-hydrogen) atoms. The summed E-state index contributed by atoms with van der Waals surface area (Å²) in [5.41, 5.74) is 0. The molecule has 3 heteroatoms.